The van der Waals surface area contributed by atoms with Crippen LogP contribution in [0.5, 0.6) is 5.75 Å². The Labute approximate surface area is 182 Å². The highest BCUT2D eigenvalue weighted by Gasteiger charge is 2.31. The van der Waals surface area contributed by atoms with Crippen molar-refractivity contribution in [1.82, 2.24) is 19.5 Å². The third-order valence-corrected chi connectivity index (χ3v) is 7.51. The average molecular weight is 440 g/mol. The maximum atomic E-state index is 13.3. The quantitative estimate of drug-likeness (QED) is 0.604. The number of hydrogen-bond donors (Lipinski definition) is 0. The first kappa shape index (κ1) is 21.2. The monoisotopic (exact) mass is 439 g/mol. The predicted octanol–water partition coefficient (Wildman–Crippen LogP) is 2.67. The lowest BCUT2D eigenvalue weighted by Gasteiger charge is -2.34. The fraction of sp³-hybridized carbons (Fsp3) is 0.318. The molecule has 3 aromatic rings. The topological polar surface area (TPSA) is 88.5 Å². The summed E-state index contributed by atoms with van der Waals surface area (Å²) < 4.78 is 33.4. The molecule has 9 heteroatoms. The Morgan fingerprint density at radius 3 is 2.19 bits per heavy atom. The van der Waals surface area contributed by atoms with Crippen LogP contribution in [0.3, 0.4) is 0 Å². The van der Waals surface area contributed by atoms with Crippen molar-refractivity contribution in [2.75, 3.05) is 38.2 Å². The Hall–Kier alpha value is -3.04. The van der Waals surface area contributed by atoms with Gasteiger partial charge in [0.2, 0.25) is 10.0 Å². The molecule has 0 amide bonds. The molecule has 162 valence electrons. The molecule has 0 saturated carbocycles. The zero-order chi connectivity index (χ0) is 22.0. The van der Waals surface area contributed by atoms with Gasteiger partial charge in [-0.05, 0) is 61.4 Å². The molecule has 4 rings (SSSR count). The maximum Gasteiger partial charge on any atom is 0.246 e. The number of methoxy groups -OCH3 is 1. The van der Waals surface area contributed by atoms with E-state index in [2.05, 4.69) is 15.2 Å². The highest BCUT2D eigenvalue weighted by molar-refractivity contribution is 7.89. The van der Waals surface area contributed by atoms with Crippen LogP contribution < -0.4 is 9.64 Å². The van der Waals surface area contributed by atoms with Gasteiger partial charge in [-0.3, -0.25) is 4.98 Å². The Morgan fingerprint density at radius 2 is 1.58 bits per heavy atom. The Morgan fingerprint density at radius 1 is 0.903 bits per heavy atom. The van der Waals surface area contributed by atoms with E-state index in [0.717, 1.165) is 28.2 Å². The standard InChI is InChI=1S/C22H25N5O3S/c1-16-14-20(30-3)21(15-17(16)2)31(28,29)27-12-10-26(11-13-27)22-5-4-19(24-25-22)18-6-8-23-9-7-18/h4-9,14-15H,10-13H2,1-3H3. The van der Waals surface area contributed by atoms with Crippen molar-refractivity contribution < 1.29 is 13.2 Å². The molecule has 1 aromatic carbocycles. The summed E-state index contributed by atoms with van der Waals surface area (Å²) in [5, 5.41) is 8.65. The number of aryl methyl sites for hydroxylation is 2. The van der Waals surface area contributed by atoms with E-state index in [4.69, 9.17) is 4.74 Å². The van der Waals surface area contributed by atoms with E-state index in [1.54, 1.807) is 24.5 Å². The van der Waals surface area contributed by atoms with Gasteiger partial charge in [0.1, 0.15) is 10.6 Å². The number of hydrogen-bond acceptors (Lipinski definition) is 7. The molecule has 8 nitrogen and oxygen atoms in total. The summed E-state index contributed by atoms with van der Waals surface area (Å²) in [5.74, 6) is 1.11. The van der Waals surface area contributed by atoms with E-state index < -0.39 is 10.0 Å². The van der Waals surface area contributed by atoms with Gasteiger partial charge >= 0.3 is 0 Å². The molecular weight excluding hydrogens is 414 g/mol. The Balaban J connectivity index is 1.48. The molecule has 0 atom stereocenters. The fourth-order valence-electron chi connectivity index (χ4n) is 3.59. The van der Waals surface area contributed by atoms with Crippen LogP contribution in [0.2, 0.25) is 0 Å². The minimum absolute atomic E-state index is 0.216. The molecule has 0 bridgehead atoms. The first-order valence-corrected chi connectivity index (χ1v) is 11.5. The van der Waals surface area contributed by atoms with Gasteiger partial charge in [0.05, 0.1) is 12.8 Å². The Bertz CT molecular complexity index is 1160. The number of pyridine rings is 1. The van der Waals surface area contributed by atoms with Crippen LogP contribution in [0, 0.1) is 13.8 Å². The number of benzene rings is 1. The van der Waals surface area contributed by atoms with Crippen molar-refractivity contribution in [3.05, 3.63) is 59.9 Å². The van der Waals surface area contributed by atoms with E-state index in [1.165, 1.54) is 11.4 Å². The second kappa shape index (κ2) is 8.60. The second-order valence-electron chi connectivity index (χ2n) is 7.49. The third kappa shape index (κ3) is 4.24. The zero-order valence-electron chi connectivity index (χ0n) is 17.8. The highest BCUT2D eigenvalue weighted by Crippen LogP contribution is 2.30. The van der Waals surface area contributed by atoms with Crippen LogP contribution in [-0.4, -0.2) is 61.2 Å². The molecule has 1 fully saturated rings. The van der Waals surface area contributed by atoms with Crippen LogP contribution in [0.4, 0.5) is 5.82 Å². The summed E-state index contributed by atoms with van der Waals surface area (Å²) in [6.45, 7) is 5.65. The number of nitrogens with zero attached hydrogens (tertiary/aromatic N) is 5. The van der Waals surface area contributed by atoms with E-state index in [0.29, 0.717) is 31.9 Å². The summed E-state index contributed by atoms with van der Waals surface area (Å²) in [6, 6.07) is 11.1. The van der Waals surface area contributed by atoms with Crippen molar-refractivity contribution in [2.24, 2.45) is 0 Å². The minimum Gasteiger partial charge on any atom is -0.495 e. The van der Waals surface area contributed by atoms with Crippen LogP contribution in [0.1, 0.15) is 11.1 Å². The van der Waals surface area contributed by atoms with Gasteiger partial charge < -0.3 is 9.64 Å². The number of ether oxygens (including phenoxy) is 1. The Kier molecular flexibility index (Phi) is 5.88. The fourth-order valence-corrected chi connectivity index (χ4v) is 5.24. The van der Waals surface area contributed by atoms with Crippen molar-refractivity contribution >= 4 is 15.8 Å². The number of rotatable bonds is 5. The number of aromatic nitrogens is 3. The summed E-state index contributed by atoms with van der Waals surface area (Å²) >= 11 is 0. The van der Waals surface area contributed by atoms with Gasteiger partial charge in [-0.1, -0.05) is 0 Å². The van der Waals surface area contributed by atoms with E-state index in [1.807, 2.05) is 43.0 Å². The first-order chi connectivity index (χ1) is 14.9. The molecule has 31 heavy (non-hydrogen) atoms. The molecule has 3 heterocycles. The number of sulfonamides is 1. The molecular formula is C22H25N5O3S. The molecule has 0 unspecified atom stereocenters. The van der Waals surface area contributed by atoms with Crippen molar-refractivity contribution in [3.63, 3.8) is 0 Å². The summed E-state index contributed by atoms with van der Waals surface area (Å²) in [4.78, 5) is 6.28. The summed E-state index contributed by atoms with van der Waals surface area (Å²) in [7, 11) is -2.16. The van der Waals surface area contributed by atoms with Gasteiger partial charge in [-0.25, -0.2) is 8.42 Å². The van der Waals surface area contributed by atoms with E-state index >= 15 is 0 Å². The zero-order valence-corrected chi connectivity index (χ0v) is 18.6. The SMILES string of the molecule is COc1cc(C)c(C)cc1S(=O)(=O)N1CCN(c2ccc(-c3ccncc3)nn2)CC1. The van der Waals surface area contributed by atoms with Gasteiger partial charge in [-0.2, -0.15) is 4.31 Å². The molecule has 1 saturated heterocycles. The van der Waals surface area contributed by atoms with Crippen LogP contribution in [-0.2, 0) is 10.0 Å². The average Bonchev–Trinajstić information content (AvgIpc) is 2.81. The molecule has 0 spiro atoms. The lowest BCUT2D eigenvalue weighted by molar-refractivity contribution is 0.373. The highest BCUT2D eigenvalue weighted by atomic mass is 32.2. The molecule has 0 aliphatic carbocycles. The van der Waals surface area contributed by atoms with Crippen LogP contribution in [0.15, 0.2) is 53.7 Å². The van der Waals surface area contributed by atoms with Gasteiger partial charge in [0.25, 0.3) is 0 Å². The normalized spacial score (nSPS) is 15.1. The van der Waals surface area contributed by atoms with Crippen molar-refractivity contribution in [3.8, 4) is 17.0 Å². The van der Waals surface area contributed by atoms with Gasteiger partial charge in [0.15, 0.2) is 5.82 Å². The lowest BCUT2D eigenvalue weighted by Crippen LogP contribution is -2.49. The van der Waals surface area contributed by atoms with Gasteiger partial charge in [0, 0.05) is 44.1 Å². The molecule has 1 aliphatic heterocycles. The van der Waals surface area contributed by atoms with Crippen LogP contribution >= 0.6 is 0 Å². The molecule has 1 aliphatic rings. The predicted molar refractivity (Wildman–Crippen MR) is 119 cm³/mol. The molecule has 2 aromatic heterocycles. The van der Waals surface area contributed by atoms with Gasteiger partial charge in [-0.15, -0.1) is 10.2 Å². The van der Waals surface area contributed by atoms with Crippen molar-refractivity contribution in [2.45, 2.75) is 18.7 Å². The smallest absolute Gasteiger partial charge is 0.246 e. The maximum absolute atomic E-state index is 13.3. The minimum atomic E-state index is -3.65. The third-order valence-electron chi connectivity index (χ3n) is 5.59. The second-order valence-corrected chi connectivity index (χ2v) is 9.40. The number of piperazine rings is 1. The van der Waals surface area contributed by atoms with E-state index in [-0.39, 0.29) is 4.90 Å². The first-order valence-electron chi connectivity index (χ1n) is 10.0. The summed E-state index contributed by atoms with van der Waals surface area (Å²) in [5.41, 5.74) is 3.64. The largest absolute Gasteiger partial charge is 0.495 e. The number of anilines is 1. The van der Waals surface area contributed by atoms with Crippen molar-refractivity contribution in [1.29, 1.82) is 0 Å². The lowest BCUT2D eigenvalue weighted by atomic mass is 10.1. The molecule has 0 radical (unpaired) electrons. The molecule has 0 N–H and O–H groups in total. The van der Waals surface area contributed by atoms with E-state index in [9.17, 15) is 8.42 Å². The summed E-state index contributed by atoms with van der Waals surface area (Å²) in [6.07, 6.45) is 3.43. The van der Waals surface area contributed by atoms with Crippen LogP contribution in [0.25, 0.3) is 11.3 Å².